The van der Waals surface area contributed by atoms with Crippen molar-refractivity contribution < 1.29 is 5.11 Å². The summed E-state index contributed by atoms with van der Waals surface area (Å²) in [4.78, 5) is 6.39. The quantitative estimate of drug-likeness (QED) is 0.925. The minimum Gasteiger partial charge on any atom is -0.395 e. The fourth-order valence-electron chi connectivity index (χ4n) is 1.65. The molecule has 0 saturated carbocycles. The molecule has 2 aromatic rings. The van der Waals surface area contributed by atoms with Crippen LogP contribution < -0.4 is 0 Å². The van der Waals surface area contributed by atoms with Crippen LogP contribution in [0.15, 0.2) is 29.0 Å². The fourth-order valence-corrected chi connectivity index (χ4v) is 1.99. The number of aliphatic hydroxyl groups excluding tert-OH is 1. The van der Waals surface area contributed by atoms with Crippen molar-refractivity contribution in [1.29, 1.82) is 0 Å². The summed E-state index contributed by atoms with van der Waals surface area (Å²) in [5.41, 5.74) is 2.06. The summed E-state index contributed by atoms with van der Waals surface area (Å²) in [6, 6.07) is 3.95. The minimum absolute atomic E-state index is 0.178. The molecule has 0 unspecified atom stereocenters. The molecule has 2 aromatic heterocycles. The Hall–Kier alpha value is -0.910. The first-order valence-corrected chi connectivity index (χ1v) is 5.91. The molecule has 4 nitrogen and oxygen atoms in total. The molecule has 0 fully saturated rings. The fraction of sp³-hybridized carbons (Fsp3) is 0.364. The number of aromatic nitrogens is 2. The van der Waals surface area contributed by atoms with Gasteiger partial charge in [-0.15, -0.1) is 0 Å². The number of fused-ring (bicyclic) bond motifs is 1. The van der Waals surface area contributed by atoms with Crippen LogP contribution in [0.3, 0.4) is 0 Å². The van der Waals surface area contributed by atoms with E-state index in [-0.39, 0.29) is 6.61 Å². The third-order valence-electron chi connectivity index (χ3n) is 2.46. The van der Waals surface area contributed by atoms with Gasteiger partial charge in [-0.25, -0.2) is 4.98 Å². The molecule has 86 valence electrons. The van der Waals surface area contributed by atoms with Crippen LogP contribution in [0.4, 0.5) is 0 Å². The molecule has 1 N–H and O–H groups in total. The van der Waals surface area contributed by atoms with Crippen LogP contribution in [0.1, 0.15) is 5.69 Å². The van der Waals surface area contributed by atoms with Gasteiger partial charge < -0.3 is 9.51 Å². The second-order valence-corrected chi connectivity index (χ2v) is 4.70. The Labute approximate surface area is 103 Å². The van der Waals surface area contributed by atoms with Gasteiger partial charge in [-0.3, -0.25) is 4.90 Å². The van der Waals surface area contributed by atoms with Crippen LogP contribution in [0.2, 0.25) is 0 Å². The number of hydrogen-bond donors (Lipinski definition) is 1. The molecule has 0 atom stereocenters. The molecule has 0 aliphatic carbocycles. The van der Waals surface area contributed by atoms with Gasteiger partial charge in [-0.2, -0.15) is 0 Å². The van der Waals surface area contributed by atoms with Crippen LogP contribution in [0.5, 0.6) is 0 Å². The number of likely N-dealkylation sites (N-methyl/N-ethyl adjacent to an activating group) is 1. The van der Waals surface area contributed by atoms with Gasteiger partial charge in [0.25, 0.3) is 0 Å². The Bertz CT molecular complexity index is 483. The maximum atomic E-state index is 8.85. The molecular formula is C11H14BrN3O. The molecule has 0 amide bonds. The number of pyridine rings is 1. The monoisotopic (exact) mass is 283 g/mol. The first-order chi connectivity index (χ1) is 7.70. The average Bonchev–Trinajstić information content (AvgIpc) is 2.61. The maximum absolute atomic E-state index is 8.85. The topological polar surface area (TPSA) is 40.8 Å². The predicted octanol–water partition coefficient (Wildman–Crippen LogP) is 1.52. The Morgan fingerprint density at radius 3 is 3.06 bits per heavy atom. The first-order valence-electron chi connectivity index (χ1n) is 5.11. The van der Waals surface area contributed by atoms with Gasteiger partial charge in [-0.1, -0.05) is 0 Å². The van der Waals surface area contributed by atoms with Crippen molar-refractivity contribution in [3.8, 4) is 0 Å². The van der Waals surface area contributed by atoms with E-state index in [9.17, 15) is 0 Å². The van der Waals surface area contributed by atoms with Gasteiger partial charge in [-0.05, 0) is 35.1 Å². The highest BCUT2D eigenvalue weighted by Gasteiger charge is 2.06. The molecule has 0 aromatic carbocycles. The number of nitrogens with zero attached hydrogens (tertiary/aromatic N) is 3. The second-order valence-electron chi connectivity index (χ2n) is 3.79. The maximum Gasteiger partial charge on any atom is 0.136 e. The summed E-state index contributed by atoms with van der Waals surface area (Å²) < 4.78 is 3.09. The zero-order chi connectivity index (χ0) is 11.5. The molecule has 0 bridgehead atoms. The van der Waals surface area contributed by atoms with Crippen LogP contribution in [-0.2, 0) is 6.54 Å². The van der Waals surface area contributed by atoms with E-state index in [4.69, 9.17) is 5.11 Å². The molecule has 0 spiro atoms. The molecule has 2 rings (SSSR count). The van der Waals surface area contributed by atoms with Crippen molar-refractivity contribution in [2.75, 3.05) is 20.2 Å². The van der Waals surface area contributed by atoms with Gasteiger partial charge >= 0.3 is 0 Å². The second kappa shape index (κ2) is 4.95. The molecule has 16 heavy (non-hydrogen) atoms. The van der Waals surface area contributed by atoms with Crippen LogP contribution in [-0.4, -0.2) is 39.6 Å². The van der Waals surface area contributed by atoms with Crippen LogP contribution in [0.25, 0.3) is 5.65 Å². The summed E-state index contributed by atoms with van der Waals surface area (Å²) in [5.74, 6) is 0. The molecule has 5 heteroatoms. The number of imidazole rings is 1. The standard InChI is InChI=1S/C11H14BrN3O/c1-14(4-5-16)8-10-6-13-11-3-2-9(12)7-15(10)11/h2-3,6-7,16H,4-5,8H2,1H3. The first kappa shape index (κ1) is 11.6. The SMILES string of the molecule is CN(CCO)Cc1cnc2ccc(Br)cn12. The van der Waals surface area contributed by atoms with Gasteiger partial charge in [0.15, 0.2) is 0 Å². The van der Waals surface area contributed by atoms with Gasteiger partial charge in [0.05, 0.1) is 18.5 Å². The summed E-state index contributed by atoms with van der Waals surface area (Å²) in [7, 11) is 1.98. The molecular weight excluding hydrogens is 270 g/mol. The largest absolute Gasteiger partial charge is 0.395 e. The highest BCUT2D eigenvalue weighted by molar-refractivity contribution is 9.10. The number of hydrogen-bond acceptors (Lipinski definition) is 3. The van der Waals surface area contributed by atoms with E-state index in [0.29, 0.717) is 6.54 Å². The summed E-state index contributed by atoms with van der Waals surface area (Å²) in [6.07, 6.45) is 3.88. The Morgan fingerprint density at radius 2 is 2.31 bits per heavy atom. The van der Waals surface area contributed by atoms with Gasteiger partial charge in [0, 0.05) is 23.8 Å². The molecule has 0 aliphatic heterocycles. The van der Waals surface area contributed by atoms with Crippen molar-refractivity contribution in [2.24, 2.45) is 0 Å². The molecule has 0 aliphatic rings. The van der Waals surface area contributed by atoms with Crippen molar-refractivity contribution in [3.05, 3.63) is 34.7 Å². The predicted molar refractivity (Wildman–Crippen MR) is 66.3 cm³/mol. The summed E-state index contributed by atoms with van der Waals surface area (Å²) in [5, 5.41) is 8.85. The zero-order valence-electron chi connectivity index (χ0n) is 9.10. The summed E-state index contributed by atoms with van der Waals surface area (Å²) >= 11 is 3.45. The molecule has 2 heterocycles. The van der Waals surface area contributed by atoms with Crippen molar-refractivity contribution >= 4 is 21.6 Å². The van der Waals surface area contributed by atoms with E-state index >= 15 is 0 Å². The number of aliphatic hydroxyl groups is 1. The van der Waals surface area contributed by atoms with E-state index < -0.39 is 0 Å². The average molecular weight is 284 g/mol. The lowest BCUT2D eigenvalue weighted by Crippen LogP contribution is -2.22. The third kappa shape index (κ3) is 2.42. The molecule has 0 radical (unpaired) electrons. The number of halogens is 1. The highest BCUT2D eigenvalue weighted by atomic mass is 79.9. The normalized spacial score (nSPS) is 11.5. The summed E-state index contributed by atoms with van der Waals surface area (Å²) in [6.45, 7) is 1.62. The minimum atomic E-state index is 0.178. The Morgan fingerprint density at radius 1 is 1.50 bits per heavy atom. The van der Waals surface area contributed by atoms with E-state index in [1.54, 1.807) is 0 Å². The lowest BCUT2D eigenvalue weighted by atomic mass is 10.4. The highest BCUT2D eigenvalue weighted by Crippen LogP contribution is 2.14. The number of rotatable bonds is 4. The van der Waals surface area contributed by atoms with Gasteiger partial charge in [0.1, 0.15) is 5.65 Å². The van der Waals surface area contributed by atoms with Crippen LogP contribution in [0, 0.1) is 0 Å². The van der Waals surface area contributed by atoms with Crippen molar-refractivity contribution in [1.82, 2.24) is 14.3 Å². The van der Waals surface area contributed by atoms with Crippen molar-refractivity contribution in [3.63, 3.8) is 0 Å². The Balaban J connectivity index is 2.27. The molecule has 0 saturated heterocycles. The lowest BCUT2D eigenvalue weighted by molar-refractivity contribution is 0.216. The van der Waals surface area contributed by atoms with Crippen molar-refractivity contribution in [2.45, 2.75) is 6.54 Å². The van der Waals surface area contributed by atoms with Gasteiger partial charge in [0.2, 0.25) is 0 Å². The Kier molecular flexibility index (Phi) is 3.58. The van der Waals surface area contributed by atoms with E-state index in [0.717, 1.165) is 22.4 Å². The smallest absolute Gasteiger partial charge is 0.136 e. The third-order valence-corrected chi connectivity index (χ3v) is 2.93. The zero-order valence-corrected chi connectivity index (χ0v) is 10.7. The lowest BCUT2D eigenvalue weighted by Gasteiger charge is -2.14. The van der Waals surface area contributed by atoms with E-state index in [2.05, 4.69) is 30.2 Å². The van der Waals surface area contributed by atoms with E-state index in [1.165, 1.54) is 0 Å². The van der Waals surface area contributed by atoms with Crippen LogP contribution >= 0.6 is 15.9 Å². The van der Waals surface area contributed by atoms with E-state index in [1.807, 2.05) is 31.6 Å².